The van der Waals surface area contributed by atoms with E-state index in [1.165, 1.54) is 0 Å². The molecule has 0 unspecified atom stereocenters. The third kappa shape index (κ3) is 2.21. The molecule has 2 nitrogen and oxygen atoms in total. The predicted octanol–water partition coefficient (Wildman–Crippen LogP) is 2.59. The summed E-state index contributed by atoms with van der Waals surface area (Å²) in [6, 6.07) is 0. The molecule has 0 aromatic heterocycles. The van der Waals surface area contributed by atoms with E-state index in [0.717, 1.165) is 0 Å². The van der Waals surface area contributed by atoms with E-state index in [-0.39, 0.29) is 0 Å². The molecule has 0 saturated carbocycles. The minimum Gasteiger partial charge on any atom is -0.199 e. The van der Waals surface area contributed by atoms with Crippen molar-refractivity contribution >= 4 is 10.2 Å². The Balaban J connectivity index is 5.71. The zero-order chi connectivity index (χ0) is 12.7. The molecule has 0 aliphatic rings. The molecule has 0 atom stereocenters. The van der Waals surface area contributed by atoms with Crippen LogP contribution in [0.2, 0.25) is 0 Å². The van der Waals surface area contributed by atoms with Crippen molar-refractivity contribution in [3.8, 4) is 0 Å². The fourth-order valence-corrected chi connectivity index (χ4v) is 0.795. The maximum absolute atomic E-state index is 12.1. The van der Waals surface area contributed by atoms with Crippen LogP contribution in [0, 0.1) is 0 Å². The quantitative estimate of drug-likeness (QED) is 0.580. The van der Waals surface area contributed by atoms with Gasteiger partial charge >= 0.3 is 27.5 Å². The SMILES string of the molecule is O=S(=O)(F)C(F)(F)C(F)(F)C(F)=C(F)F. The van der Waals surface area contributed by atoms with Crippen LogP contribution >= 0.6 is 0 Å². The molecule has 11 heteroatoms. The monoisotopic (exact) mass is 264 g/mol. The van der Waals surface area contributed by atoms with Gasteiger partial charge in [-0.3, -0.25) is 0 Å². The highest BCUT2D eigenvalue weighted by Crippen LogP contribution is 2.46. The second kappa shape index (κ2) is 3.61. The minimum absolute atomic E-state index is 3.87. The summed E-state index contributed by atoms with van der Waals surface area (Å²) < 4.78 is 113. The van der Waals surface area contributed by atoms with Gasteiger partial charge in [-0.2, -0.15) is 39.2 Å². The zero-order valence-corrected chi connectivity index (χ0v) is 7.06. The van der Waals surface area contributed by atoms with E-state index in [0.29, 0.717) is 0 Å². The highest BCUT2D eigenvalue weighted by atomic mass is 32.3. The fraction of sp³-hybridized carbons (Fsp3) is 0.500. The van der Waals surface area contributed by atoms with E-state index in [4.69, 9.17) is 0 Å². The first-order valence-corrected chi connectivity index (χ1v) is 4.15. The zero-order valence-electron chi connectivity index (χ0n) is 6.25. The molecule has 0 aromatic carbocycles. The van der Waals surface area contributed by atoms with Gasteiger partial charge in [-0.25, -0.2) is 0 Å². The highest BCUT2D eigenvalue weighted by Gasteiger charge is 2.70. The third-order valence-corrected chi connectivity index (χ3v) is 1.98. The van der Waals surface area contributed by atoms with Crippen LogP contribution in [0.15, 0.2) is 11.9 Å². The molecule has 90 valence electrons. The van der Waals surface area contributed by atoms with Gasteiger partial charge in [0.15, 0.2) is 0 Å². The largest absolute Gasteiger partial charge is 0.443 e. The number of rotatable bonds is 3. The molecule has 0 spiro atoms. The maximum Gasteiger partial charge on any atom is 0.443 e. The Morgan fingerprint density at radius 3 is 1.47 bits per heavy atom. The van der Waals surface area contributed by atoms with Gasteiger partial charge in [-0.05, 0) is 0 Å². The van der Waals surface area contributed by atoms with E-state index < -0.39 is 33.3 Å². The lowest BCUT2D eigenvalue weighted by molar-refractivity contribution is -0.146. The summed E-state index contributed by atoms with van der Waals surface area (Å²) in [7, 11) is -7.23. The third-order valence-electron chi connectivity index (χ3n) is 1.11. The summed E-state index contributed by atoms with van der Waals surface area (Å²) in [5.41, 5.74) is 0. The van der Waals surface area contributed by atoms with Gasteiger partial charge in [0, 0.05) is 0 Å². The average Bonchev–Trinajstić information content (AvgIpc) is 2.00. The molecule has 0 aliphatic carbocycles. The van der Waals surface area contributed by atoms with E-state index in [9.17, 15) is 43.0 Å². The molecule has 0 rings (SSSR count). The molecule has 0 aliphatic heterocycles. The molecule has 0 heterocycles. The number of alkyl halides is 4. The molecule has 0 fully saturated rings. The van der Waals surface area contributed by atoms with Crippen molar-refractivity contribution in [2.24, 2.45) is 0 Å². The van der Waals surface area contributed by atoms with Gasteiger partial charge in [-0.15, -0.1) is 0 Å². The van der Waals surface area contributed by atoms with Gasteiger partial charge < -0.3 is 0 Å². The summed E-state index contributed by atoms with van der Waals surface area (Å²) in [6.45, 7) is 0. The van der Waals surface area contributed by atoms with Crippen molar-refractivity contribution in [3.05, 3.63) is 11.9 Å². The molecule has 0 aromatic rings. The van der Waals surface area contributed by atoms with Crippen molar-refractivity contribution < 1.29 is 43.0 Å². The van der Waals surface area contributed by atoms with Crippen LogP contribution in [0.3, 0.4) is 0 Å². The van der Waals surface area contributed by atoms with Crippen LogP contribution in [0.25, 0.3) is 0 Å². The fourth-order valence-electron chi connectivity index (χ4n) is 0.400. The summed E-state index contributed by atoms with van der Waals surface area (Å²) in [5, 5.41) is -6.60. The topological polar surface area (TPSA) is 34.1 Å². The van der Waals surface area contributed by atoms with E-state index in [1.54, 1.807) is 0 Å². The van der Waals surface area contributed by atoms with Crippen molar-refractivity contribution in [1.82, 2.24) is 0 Å². The summed E-state index contributed by atoms with van der Waals surface area (Å²) in [5.74, 6) is -10.5. The van der Waals surface area contributed by atoms with E-state index in [2.05, 4.69) is 0 Å². The molecule has 15 heavy (non-hydrogen) atoms. The van der Waals surface area contributed by atoms with Crippen LogP contribution in [-0.4, -0.2) is 19.6 Å². The van der Waals surface area contributed by atoms with Crippen LogP contribution in [0.4, 0.5) is 34.6 Å². The second-order valence-electron chi connectivity index (χ2n) is 2.10. The minimum atomic E-state index is -7.23. The number of hydrogen-bond acceptors (Lipinski definition) is 2. The summed E-state index contributed by atoms with van der Waals surface area (Å²) >= 11 is 0. The Labute approximate surface area is 77.4 Å². The molecular formula is C4F8O2S. The van der Waals surface area contributed by atoms with Crippen LogP contribution in [0.5, 0.6) is 0 Å². The number of halogens is 8. The number of allylic oxidation sites excluding steroid dienone is 1. The van der Waals surface area contributed by atoms with Crippen LogP contribution < -0.4 is 0 Å². The second-order valence-corrected chi connectivity index (χ2v) is 3.49. The Kier molecular flexibility index (Phi) is 3.40. The Morgan fingerprint density at radius 1 is 0.933 bits per heavy atom. The van der Waals surface area contributed by atoms with Gasteiger partial charge in [0.25, 0.3) is 0 Å². The molecule has 0 bridgehead atoms. The van der Waals surface area contributed by atoms with Crippen LogP contribution in [0.1, 0.15) is 0 Å². The Hall–Kier alpha value is -0.870. The molecule has 0 amide bonds. The first-order chi connectivity index (χ1) is 6.35. The molecule has 0 radical (unpaired) electrons. The first kappa shape index (κ1) is 14.1. The van der Waals surface area contributed by atoms with Crippen molar-refractivity contribution in [1.29, 1.82) is 0 Å². The lowest BCUT2D eigenvalue weighted by Gasteiger charge is -2.20. The van der Waals surface area contributed by atoms with Gasteiger partial charge in [-0.1, -0.05) is 3.89 Å². The lowest BCUT2D eigenvalue weighted by Crippen LogP contribution is -2.46. The Bertz CT molecular complexity index is 377. The smallest absolute Gasteiger partial charge is 0.199 e. The standard InChI is InChI=1S/C4F8O2S/c5-1(2(6)7)3(8,9)4(10,11)15(12,13)14. The Morgan fingerprint density at radius 2 is 1.27 bits per heavy atom. The normalized spacial score (nSPS) is 13.9. The molecule has 0 saturated heterocycles. The number of hydrogen-bond donors (Lipinski definition) is 0. The molecule has 0 N–H and O–H groups in total. The van der Waals surface area contributed by atoms with E-state index in [1.807, 2.05) is 0 Å². The summed E-state index contributed by atoms with van der Waals surface area (Å²) in [6.07, 6.45) is -3.87. The van der Waals surface area contributed by atoms with Crippen molar-refractivity contribution in [2.75, 3.05) is 0 Å². The summed E-state index contributed by atoms with van der Waals surface area (Å²) in [4.78, 5) is 0. The predicted molar refractivity (Wildman–Crippen MR) is 30.3 cm³/mol. The van der Waals surface area contributed by atoms with Gasteiger partial charge in [0.2, 0.25) is 5.83 Å². The maximum atomic E-state index is 12.1. The lowest BCUT2D eigenvalue weighted by atomic mass is 10.3. The van der Waals surface area contributed by atoms with Crippen molar-refractivity contribution in [2.45, 2.75) is 11.2 Å². The van der Waals surface area contributed by atoms with Crippen molar-refractivity contribution in [3.63, 3.8) is 0 Å². The first-order valence-electron chi connectivity index (χ1n) is 2.76. The average molecular weight is 264 g/mol. The highest BCUT2D eigenvalue weighted by molar-refractivity contribution is 7.87. The van der Waals surface area contributed by atoms with Gasteiger partial charge in [0.1, 0.15) is 0 Å². The molecular weight excluding hydrogens is 264 g/mol. The van der Waals surface area contributed by atoms with Gasteiger partial charge in [0.05, 0.1) is 0 Å². The van der Waals surface area contributed by atoms with Crippen LogP contribution in [-0.2, 0) is 10.2 Å². The van der Waals surface area contributed by atoms with E-state index >= 15 is 0 Å².